The number of carbonyl (C=O) groups is 2. The molecule has 5 aromatic rings. The molecule has 34 heavy (non-hydrogen) atoms. The van der Waals surface area contributed by atoms with Crippen LogP contribution in [0.25, 0.3) is 32.9 Å². The number of hydrogen-bond donors (Lipinski definition) is 1. The van der Waals surface area contributed by atoms with Gasteiger partial charge in [0.15, 0.2) is 6.61 Å². The van der Waals surface area contributed by atoms with Gasteiger partial charge in [-0.25, -0.2) is 9.78 Å². The second kappa shape index (κ2) is 9.61. The first kappa shape index (κ1) is 22.0. The van der Waals surface area contributed by atoms with Crippen LogP contribution < -0.4 is 5.32 Å². The fourth-order valence-electron chi connectivity index (χ4n) is 3.90. The topological polar surface area (TPSA) is 68.3 Å². The predicted octanol–water partition coefficient (Wildman–Crippen LogP) is 6.46. The summed E-state index contributed by atoms with van der Waals surface area (Å²) < 4.78 is 6.40. The fourth-order valence-corrected chi connectivity index (χ4v) is 4.45. The summed E-state index contributed by atoms with van der Waals surface area (Å²) in [6.07, 6.45) is 0. The van der Waals surface area contributed by atoms with E-state index in [9.17, 15) is 9.59 Å². The zero-order valence-electron chi connectivity index (χ0n) is 18.0. The first-order valence-corrected chi connectivity index (χ1v) is 11.8. The van der Waals surface area contributed by atoms with E-state index < -0.39 is 11.9 Å². The molecular formula is C28H19IN2O3. The third-order valence-electron chi connectivity index (χ3n) is 5.44. The van der Waals surface area contributed by atoms with Gasteiger partial charge in [-0.15, -0.1) is 0 Å². The highest BCUT2D eigenvalue weighted by molar-refractivity contribution is 14.1. The SMILES string of the molecule is O=C(COC(=O)c1cc(-c2cccc3ccccc23)nc2ccccc12)Nc1cccc(I)c1. The van der Waals surface area contributed by atoms with Gasteiger partial charge >= 0.3 is 5.97 Å². The van der Waals surface area contributed by atoms with Crippen LogP contribution in [0, 0.1) is 3.57 Å². The number of nitrogens with zero attached hydrogens (tertiary/aromatic N) is 1. The first-order valence-electron chi connectivity index (χ1n) is 10.7. The van der Waals surface area contributed by atoms with E-state index >= 15 is 0 Å². The van der Waals surface area contributed by atoms with Crippen LogP contribution >= 0.6 is 22.6 Å². The van der Waals surface area contributed by atoms with Crippen molar-refractivity contribution in [2.45, 2.75) is 0 Å². The predicted molar refractivity (Wildman–Crippen MR) is 143 cm³/mol. The molecule has 5 rings (SSSR count). The van der Waals surface area contributed by atoms with Gasteiger partial charge in [0, 0.05) is 20.2 Å². The van der Waals surface area contributed by atoms with Crippen molar-refractivity contribution in [3.8, 4) is 11.3 Å². The van der Waals surface area contributed by atoms with E-state index in [0.29, 0.717) is 27.8 Å². The van der Waals surface area contributed by atoms with Crippen molar-refractivity contribution in [3.05, 3.63) is 106 Å². The number of aromatic nitrogens is 1. The number of para-hydroxylation sites is 1. The van der Waals surface area contributed by atoms with Crippen LogP contribution in [-0.2, 0) is 9.53 Å². The third kappa shape index (κ3) is 4.63. The van der Waals surface area contributed by atoms with Gasteiger partial charge in [0.1, 0.15) is 0 Å². The molecule has 0 aliphatic carbocycles. The molecule has 0 aliphatic heterocycles. The zero-order valence-corrected chi connectivity index (χ0v) is 20.2. The van der Waals surface area contributed by atoms with Crippen LogP contribution in [0.15, 0.2) is 97.1 Å². The van der Waals surface area contributed by atoms with Crippen molar-refractivity contribution in [3.63, 3.8) is 0 Å². The number of anilines is 1. The van der Waals surface area contributed by atoms with Gasteiger partial charge in [-0.1, -0.05) is 66.7 Å². The van der Waals surface area contributed by atoms with E-state index in [4.69, 9.17) is 9.72 Å². The van der Waals surface area contributed by atoms with Crippen LogP contribution in [0.1, 0.15) is 10.4 Å². The number of nitrogens with one attached hydrogen (secondary N) is 1. The Hall–Kier alpha value is -3.78. The molecule has 1 heterocycles. The number of amides is 1. The average Bonchev–Trinajstić information content (AvgIpc) is 2.86. The number of carbonyl (C=O) groups excluding carboxylic acids is 2. The van der Waals surface area contributed by atoms with Crippen molar-refractivity contribution in [1.29, 1.82) is 0 Å². The minimum Gasteiger partial charge on any atom is -0.452 e. The number of esters is 1. The van der Waals surface area contributed by atoms with Crippen LogP contribution in [0.4, 0.5) is 5.69 Å². The Labute approximate surface area is 209 Å². The second-order valence-corrected chi connectivity index (χ2v) is 8.98. The lowest BCUT2D eigenvalue weighted by atomic mass is 9.99. The Kier molecular flexibility index (Phi) is 6.22. The molecule has 0 saturated carbocycles. The maximum atomic E-state index is 13.1. The van der Waals surface area contributed by atoms with Crippen LogP contribution in [0.3, 0.4) is 0 Å². The lowest BCUT2D eigenvalue weighted by molar-refractivity contribution is -0.119. The zero-order chi connectivity index (χ0) is 23.5. The molecule has 0 atom stereocenters. The average molecular weight is 558 g/mol. The molecule has 1 N–H and O–H groups in total. The number of ether oxygens (including phenoxy) is 1. The highest BCUT2D eigenvalue weighted by atomic mass is 127. The van der Waals surface area contributed by atoms with Gasteiger partial charge in [0.2, 0.25) is 0 Å². The Balaban J connectivity index is 1.45. The largest absolute Gasteiger partial charge is 0.452 e. The van der Waals surface area contributed by atoms with Crippen LogP contribution in [-0.4, -0.2) is 23.5 Å². The number of rotatable bonds is 5. The van der Waals surface area contributed by atoms with Crippen LogP contribution in [0.5, 0.6) is 0 Å². The Bertz CT molecular complexity index is 1540. The molecule has 6 heteroatoms. The standard InChI is InChI=1S/C28H19IN2O3/c29-19-9-6-10-20(15-19)30-27(32)17-34-28(33)24-16-26(31-25-14-4-3-12-23(24)25)22-13-5-8-18-7-1-2-11-21(18)22/h1-16H,17H2,(H,30,32). The number of fused-ring (bicyclic) bond motifs is 2. The number of hydrogen-bond acceptors (Lipinski definition) is 4. The van der Waals surface area contributed by atoms with Gasteiger partial charge in [0.25, 0.3) is 5.91 Å². The normalized spacial score (nSPS) is 10.9. The molecule has 0 saturated heterocycles. The summed E-state index contributed by atoms with van der Waals surface area (Å²) >= 11 is 2.17. The van der Waals surface area contributed by atoms with Gasteiger partial charge in [-0.05, 0) is 63.7 Å². The van der Waals surface area contributed by atoms with Crippen molar-refractivity contribution in [2.24, 2.45) is 0 Å². The lowest BCUT2D eigenvalue weighted by Gasteiger charge is -2.12. The second-order valence-electron chi connectivity index (χ2n) is 7.73. The number of halogens is 1. The Morgan fingerprint density at radius 3 is 2.41 bits per heavy atom. The quantitative estimate of drug-likeness (QED) is 0.199. The van der Waals surface area contributed by atoms with Gasteiger partial charge < -0.3 is 10.1 Å². The van der Waals surface area contributed by atoms with Crippen molar-refractivity contribution in [2.75, 3.05) is 11.9 Å². The van der Waals surface area contributed by atoms with E-state index in [1.165, 1.54) is 0 Å². The van der Waals surface area contributed by atoms with E-state index in [1.54, 1.807) is 12.1 Å². The van der Waals surface area contributed by atoms with Crippen molar-refractivity contribution in [1.82, 2.24) is 4.98 Å². The molecule has 166 valence electrons. The monoisotopic (exact) mass is 558 g/mol. The minimum atomic E-state index is -0.571. The molecular weight excluding hydrogens is 539 g/mol. The smallest absolute Gasteiger partial charge is 0.339 e. The first-order chi connectivity index (χ1) is 16.6. The Morgan fingerprint density at radius 2 is 1.56 bits per heavy atom. The summed E-state index contributed by atoms with van der Waals surface area (Å²) in [5.41, 5.74) is 3.31. The summed E-state index contributed by atoms with van der Waals surface area (Å²) in [5, 5.41) is 5.56. The van der Waals surface area contributed by atoms with Crippen LogP contribution in [0.2, 0.25) is 0 Å². The summed E-state index contributed by atoms with van der Waals surface area (Å²) in [7, 11) is 0. The number of benzene rings is 4. The lowest BCUT2D eigenvalue weighted by Crippen LogP contribution is -2.21. The number of pyridine rings is 1. The van der Waals surface area contributed by atoms with E-state index in [2.05, 4.69) is 27.9 Å². The van der Waals surface area contributed by atoms with E-state index in [0.717, 1.165) is 19.9 Å². The maximum Gasteiger partial charge on any atom is 0.339 e. The highest BCUT2D eigenvalue weighted by Gasteiger charge is 2.17. The highest BCUT2D eigenvalue weighted by Crippen LogP contribution is 2.30. The molecule has 0 spiro atoms. The Morgan fingerprint density at radius 1 is 0.824 bits per heavy atom. The van der Waals surface area contributed by atoms with E-state index in [-0.39, 0.29) is 6.61 Å². The fraction of sp³-hybridized carbons (Fsp3) is 0.0357. The molecule has 1 aromatic heterocycles. The molecule has 0 fully saturated rings. The molecule has 5 nitrogen and oxygen atoms in total. The van der Waals surface area contributed by atoms with Crippen molar-refractivity contribution >= 4 is 61.8 Å². The van der Waals surface area contributed by atoms with Crippen molar-refractivity contribution < 1.29 is 14.3 Å². The summed E-state index contributed by atoms with van der Waals surface area (Å²) in [6.45, 7) is -0.384. The summed E-state index contributed by atoms with van der Waals surface area (Å²) in [4.78, 5) is 30.3. The molecule has 1 amide bonds. The maximum absolute atomic E-state index is 13.1. The molecule has 0 radical (unpaired) electrons. The molecule has 0 bridgehead atoms. The minimum absolute atomic E-state index is 0.371. The van der Waals surface area contributed by atoms with Gasteiger partial charge in [-0.3, -0.25) is 4.79 Å². The summed E-state index contributed by atoms with van der Waals surface area (Å²) in [5.74, 6) is -0.971. The van der Waals surface area contributed by atoms with Gasteiger partial charge in [-0.2, -0.15) is 0 Å². The molecule has 0 aliphatic rings. The molecule has 4 aromatic carbocycles. The molecule has 0 unspecified atom stereocenters. The third-order valence-corrected chi connectivity index (χ3v) is 6.12. The van der Waals surface area contributed by atoms with E-state index in [1.807, 2.05) is 84.9 Å². The summed E-state index contributed by atoms with van der Waals surface area (Å²) in [6, 6.07) is 30.6. The van der Waals surface area contributed by atoms with Gasteiger partial charge in [0.05, 0.1) is 16.8 Å².